The molecule has 0 unspecified atom stereocenters. The Morgan fingerprint density at radius 3 is 1.23 bits per heavy atom. The lowest BCUT2D eigenvalue weighted by atomic mass is 9.92. The zero-order chi connectivity index (χ0) is 81.7. The smallest absolute Gasteiger partial charge is 0.410 e. The van der Waals surface area contributed by atoms with E-state index < -0.39 is 29.7 Å². The molecule has 0 fully saturated rings. The number of carbonyl (C=O) groups is 6. The van der Waals surface area contributed by atoms with E-state index >= 15 is 0 Å². The van der Waals surface area contributed by atoms with Gasteiger partial charge in [0.15, 0.2) is 0 Å². The third kappa shape index (κ3) is 25.3. The molecule has 7 N–H and O–H groups in total. The number of likely N-dealkylation sites (N-methyl/N-ethyl adjacent to an activating group) is 2. The minimum absolute atomic E-state index is 0.171. The van der Waals surface area contributed by atoms with E-state index in [2.05, 4.69) is 88.7 Å². The van der Waals surface area contributed by atoms with Gasteiger partial charge in [-0.2, -0.15) is 19.8 Å². The molecular weight excluding hydrogens is 1410 g/mol. The molecule has 586 valence electrons. The van der Waals surface area contributed by atoms with Crippen LogP contribution in [0.25, 0.3) is 32.9 Å². The maximum atomic E-state index is 13.4. The van der Waals surface area contributed by atoms with E-state index in [1.54, 1.807) is 94.7 Å². The number of anilines is 6. The minimum Gasteiger partial charge on any atom is -0.488 e. The SMILES string of the molecule is CCN(C)C(=O)OC(C)(C)C.CN[C@@H](C)C(=O)Nc1cc(COc2ccc(NC(=O)Nc3cc(C(C)(C)C)nn3-c3ccc(C)cc3)c3ccccc23)ccn1.Cc1ccc(-n2nc(C(C)(C)C)cc2NC(=O)Nc2ccc(OCc3ccnc(NC(=O)[C@H](C)N(C)C(=O)OC(C)(C)C)c3)c3ccccc23)cc1.O=C=O. The van der Waals surface area contributed by atoms with Crippen molar-refractivity contribution < 1.29 is 57.3 Å². The lowest BCUT2D eigenvalue weighted by Crippen LogP contribution is -2.45. The molecule has 27 nitrogen and oxygen atoms in total. The van der Waals surface area contributed by atoms with Crippen LogP contribution in [-0.2, 0) is 52.7 Å². The Morgan fingerprint density at radius 2 is 0.865 bits per heavy atom. The number of hydrogen-bond acceptors (Lipinski definition) is 17. The van der Waals surface area contributed by atoms with Gasteiger partial charge >= 0.3 is 30.4 Å². The molecule has 8 amide bonds. The quantitative estimate of drug-likeness (QED) is 0.0395. The Bertz CT molecular complexity index is 4910. The number of carbonyl (C=O) groups excluding carboxylic acids is 8. The molecule has 0 saturated carbocycles. The van der Waals surface area contributed by atoms with Crippen LogP contribution in [0.2, 0.25) is 0 Å². The van der Waals surface area contributed by atoms with E-state index in [-0.39, 0.29) is 59.9 Å². The Kier molecular flexibility index (Phi) is 29.4. The fourth-order valence-electron chi connectivity index (χ4n) is 10.3. The van der Waals surface area contributed by atoms with Crippen molar-refractivity contribution in [2.24, 2.45) is 0 Å². The predicted octanol–water partition coefficient (Wildman–Crippen LogP) is 16.5. The Hall–Kier alpha value is -12.5. The molecule has 0 aliphatic carbocycles. The van der Waals surface area contributed by atoms with E-state index in [1.807, 2.05) is 175 Å². The summed E-state index contributed by atoms with van der Waals surface area (Å²) in [6.45, 7) is 33.9. The summed E-state index contributed by atoms with van der Waals surface area (Å²) in [6, 6.07) is 47.6. The number of urea groups is 2. The summed E-state index contributed by atoms with van der Waals surface area (Å²) in [7, 11) is 4.96. The van der Waals surface area contributed by atoms with Gasteiger partial charge in [0.25, 0.3) is 0 Å². The van der Waals surface area contributed by atoms with Crippen molar-refractivity contribution in [3.8, 4) is 22.9 Å². The largest absolute Gasteiger partial charge is 0.488 e. The summed E-state index contributed by atoms with van der Waals surface area (Å²) in [6.07, 6.45) is 2.60. The molecule has 111 heavy (non-hydrogen) atoms. The average molecular weight is 1510 g/mol. The molecule has 2 atom stereocenters. The lowest BCUT2D eigenvalue weighted by Gasteiger charge is -2.28. The number of pyridine rings is 2. The van der Waals surface area contributed by atoms with Gasteiger partial charge in [-0.15, -0.1) is 0 Å². The molecule has 10 rings (SSSR count). The molecule has 6 aromatic carbocycles. The molecule has 0 radical (unpaired) electrons. The first-order valence-electron chi connectivity index (χ1n) is 36.2. The summed E-state index contributed by atoms with van der Waals surface area (Å²) in [4.78, 5) is 103. The lowest BCUT2D eigenvalue weighted by molar-refractivity contribution is -0.191. The number of nitrogens with one attached hydrogen (secondary N) is 7. The standard InChI is InChI=1S/C40H47N7O5.C35H39N7O3.C8H17NO2.CO2/c1-25-14-16-28(17-15-25)47-35(23-33(45-47)39(3,4)5)44-37(49)42-31-18-19-32(30-13-11-10-12-29(30)31)51-24-27-20-21-41-34(22-27)43-36(48)26(2)46(9)38(50)52-40(6,7)8;1-22-11-13-25(14-12-22)42-32(20-30(41-42)35(3,4)5)40-34(44)38-28-15-16-29(27-10-8-7-9-26(27)28)45-21-24-17-18-37-31(19-24)39-33(43)23(2)36-6;1-6-9(5)7(10)11-8(2,3)4;2-1-3/h10-23,26H,24H2,1-9H3,(H,41,43,48)(H2,42,44,49);7-20,23,36H,21H2,1-6H3,(H,37,39,43)(H2,38,40,44);6H2,1-5H3;/t26-;23-;;/m00../s1. The summed E-state index contributed by atoms with van der Waals surface area (Å²) in [5, 5.41) is 33.4. The van der Waals surface area contributed by atoms with E-state index in [0.29, 0.717) is 52.7 Å². The van der Waals surface area contributed by atoms with Gasteiger partial charge in [0, 0.05) is 77.5 Å². The van der Waals surface area contributed by atoms with Crippen molar-refractivity contribution in [3.63, 3.8) is 0 Å². The topological polar surface area (TPSA) is 326 Å². The number of rotatable bonds is 19. The van der Waals surface area contributed by atoms with Crippen LogP contribution in [0, 0.1) is 13.8 Å². The zero-order valence-electron chi connectivity index (χ0n) is 66.9. The Morgan fingerprint density at radius 1 is 0.486 bits per heavy atom. The normalized spacial score (nSPS) is 11.7. The monoisotopic (exact) mass is 1510 g/mol. The maximum Gasteiger partial charge on any atom is 0.410 e. The molecule has 0 spiro atoms. The van der Waals surface area contributed by atoms with E-state index in [4.69, 9.17) is 38.7 Å². The molecule has 4 heterocycles. The predicted molar refractivity (Wildman–Crippen MR) is 433 cm³/mol. The first-order valence-corrected chi connectivity index (χ1v) is 36.2. The number of ether oxygens (including phenoxy) is 4. The molecule has 27 heteroatoms. The van der Waals surface area contributed by atoms with Crippen molar-refractivity contribution in [1.82, 2.24) is 44.6 Å². The Balaban J connectivity index is 0.000000265. The van der Waals surface area contributed by atoms with Crippen LogP contribution in [-0.4, -0.2) is 133 Å². The highest BCUT2D eigenvalue weighted by atomic mass is 16.6. The number of benzene rings is 6. The van der Waals surface area contributed by atoms with Crippen molar-refractivity contribution in [2.45, 2.75) is 165 Å². The number of fused-ring (bicyclic) bond motifs is 2. The second-order valence-corrected chi connectivity index (χ2v) is 30.3. The summed E-state index contributed by atoms with van der Waals surface area (Å²) in [5.41, 5.74) is 7.05. The number of aromatic nitrogens is 6. The molecule has 0 bridgehead atoms. The van der Waals surface area contributed by atoms with Crippen molar-refractivity contribution in [1.29, 1.82) is 0 Å². The molecule has 0 aliphatic rings. The van der Waals surface area contributed by atoms with Crippen LogP contribution < -0.4 is 46.7 Å². The third-order valence-electron chi connectivity index (χ3n) is 16.8. The van der Waals surface area contributed by atoms with Crippen LogP contribution in [0.15, 0.2) is 170 Å². The molecule has 0 aliphatic heterocycles. The van der Waals surface area contributed by atoms with Crippen LogP contribution in [0.5, 0.6) is 11.5 Å². The highest BCUT2D eigenvalue weighted by Gasteiger charge is 2.29. The zero-order valence-corrected chi connectivity index (χ0v) is 66.9. The number of aryl methyl sites for hydroxylation is 2. The van der Waals surface area contributed by atoms with Crippen LogP contribution in [0.3, 0.4) is 0 Å². The fraction of sp³-hybridized carbons (Fsp3) is 0.345. The van der Waals surface area contributed by atoms with Gasteiger partial charge in [-0.25, -0.2) is 38.5 Å². The van der Waals surface area contributed by atoms with E-state index in [9.17, 15) is 28.8 Å². The first kappa shape index (κ1) is 85.8. The van der Waals surface area contributed by atoms with Gasteiger partial charge in [0.2, 0.25) is 11.8 Å². The Labute approximate surface area is 648 Å². The van der Waals surface area contributed by atoms with Gasteiger partial charge in [-0.3, -0.25) is 25.1 Å². The average Bonchev–Trinajstić information content (AvgIpc) is 1.77. The van der Waals surface area contributed by atoms with Gasteiger partial charge < -0.3 is 50.4 Å². The summed E-state index contributed by atoms with van der Waals surface area (Å²) >= 11 is 0. The van der Waals surface area contributed by atoms with Crippen LogP contribution in [0.1, 0.15) is 137 Å². The van der Waals surface area contributed by atoms with Gasteiger partial charge in [-0.1, -0.05) is 125 Å². The van der Waals surface area contributed by atoms with Gasteiger partial charge in [0.05, 0.1) is 40.2 Å². The van der Waals surface area contributed by atoms with Gasteiger partial charge in [-0.05, 0) is 167 Å². The third-order valence-corrected chi connectivity index (χ3v) is 16.8. The van der Waals surface area contributed by atoms with Crippen LogP contribution in [0.4, 0.5) is 53.8 Å². The first-order chi connectivity index (χ1) is 52.3. The second-order valence-electron chi connectivity index (χ2n) is 30.3. The number of amides is 8. The molecule has 4 aromatic heterocycles. The second kappa shape index (κ2) is 38.1. The van der Waals surface area contributed by atoms with Crippen molar-refractivity contribution >= 4 is 98.4 Å². The number of nitrogens with zero attached hydrogens (tertiary/aromatic N) is 8. The summed E-state index contributed by atoms with van der Waals surface area (Å²) in [5.74, 6) is 2.59. The molecule has 10 aromatic rings. The molecular formula is C84H103N15O12. The van der Waals surface area contributed by atoms with E-state index in [1.165, 1.54) is 16.8 Å². The van der Waals surface area contributed by atoms with Crippen LogP contribution >= 0.6 is 0 Å². The maximum absolute atomic E-state index is 13.4. The van der Waals surface area contributed by atoms with Gasteiger partial charge in [0.1, 0.15) is 65.2 Å². The molecule has 0 saturated heterocycles. The van der Waals surface area contributed by atoms with Crippen molar-refractivity contribution in [2.75, 3.05) is 59.6 Å². The van der Waals surface area contributed by atoms with Crippen molar-refractivity contribution in [3.05, 3.63) is 204 Å². The van der Waals surface area contributed by atoms with E-state index in [0.717, 1.165) is 66.6 Å². The number of hydrogen-bond donors (Lipinski definition) is 7. The highest BCUT2D eigenvalue weighted by Crippen LogP contribution is 2.36. The summed E-state index contributed by atoms with van der Waals surface area (Å²) < 4.78 is 26.4. The highest BCUT2D eigenvalue weighted by molar-refractivity contribution is 6.09. The fourth-order valence-corrected chi connectivity index (χ4v) is 10.3. The minimum atomic E-state index is -0.798.